The van der Waals surface area contributed by atoms with E-state index < -0.39 is 16.0 Å². The van der Waals surface area contributed by atoms with Crippen LogP contribution < -0.4 is 10.0 Å². The normalized spacial score (nSPS) is 15.6. The van der Waals surface area contributed by atoms with E-state index in [1.54, 1.807) is 36.4 Å². The van der Waals surface area contributed by atoms with E-state index in [1.165, 1.54) is 38.2 Å². The quantitative estimate of drug-likeness (QED) is 0.294. The van der Waals surface area contributed by atoms with Crippen molar-refractivity contribution in [1.82, 2.24) is 5.32 Å². The summed E-state index contributed by atoms with van der Waals surface area (Å²) in [4.78, 5) is 12.0. The van der Waals surface area contributed by atoms with Gasteiger partial charge in [0.2, 0.25) is 0 Å². The molecule has 3 aromatic rings. The van der Waals surface area contributed by atoms with Gasteiger partial charge in [-0.15, -0.1) is 11.3 Å². The summed E-state index contributed by atoms with van der Waals surface area (Å²) < 4.78 is 29.3. The van der Waals surface area contributed by atoms with Crippen molar-refractivity contribution in [1.29, 1.82) is 0 Å². The number of benzene rings is 2. The first-order chi connectivity index (χ1) is 16.8. The monoisotopic (exact) mass is 512 g/mol. The highest BCUT2D eigenvalue weighted by Crippen LogP contribution is 2.33. The first-order valence-electron chi connectivity index (χ1n) is 12.1. The SMILES string of the molecule is C[C@@H](CC1CCCCC1)NCc1ccccc1NS(=O)(=O)c1ccc(-c2cccc(C(=O)O)c2)s1. The Bertz CT molecular complexity index is 1260. The Morgan fingerprint density at radius 3 is 2.60 bits per heavy atom. The number of para-hydroxylation sites is 1. The lowest BCUT2D eigenvalue weighted by Crippen LogP contribution is -2.29. The van der Waals surface area contributed by atoms with Crippen LogP contribution in [0.25, 0.3) is 10.4 Å². The molecule has 186 valence electrons. The number of carbonyl (C=O) groups is 1. The Labute approximate surface area is 211 Å². The lowest BCUT2D eigenvalue weighted by Gasteiger charge is -2.25. The number of anilines is 1. The zero-order chi connectivity index (χ0) is 24.8. The van der Waals surface area contributed by atoms with Crippen molar-refractivity contribution in [2.24, 2.45) is 5.92 Å². The van der Waals surface area contributed by atoms with Crippen molar-refractivity contribution >= 4 is 33.0 Å². The molecule has 4 rings (SSSR count). The maximum atomic E-state index is 13.2. The van der Waals surface area contributed by atoms with Crippen molar-refractivity contribution in [3.8, 4) is 10.4 Å². The lowest BCUT2D eigenvalue weighted by molar-refractivity contribution is 0.0697. The van der Waals surface area contributed by atoms with E-state index >= 15 is 0 Å². The maximum absolute atomic E-state index is 13.2. The first-order valence-corrected chi connectivity index (χ1v) is 14.4. The number of hydrogen-bond donors (Lipinski definition) is 3. The molecule has 1 saturated carbocycles. The van der Waals surface area contributed by atoms with Crippen molar-refractivity contribution in [3.63, 3.8) is 0 Å². The summed E-state index contributed by atoms with van der Waals surface area (Å²) in [5, 5.41) is 12.8. The zero-order valence-electron chi connectivity index (χ0n) is 19.9. The summed E-state index contributed by atoms with van der Waals surface area (Å²) >= 11 is 1.12. The third-order valence-corrected chi connectivity index (χ3v) is 9.55. The number of carboxylic acid groups (broad SMARTS) is 1. The maximum Gasteiger partial charge on any atom is 0.335 e. The third-order valence-electron chi connectivity index (χ3n) is 6.55. The molecule has 0 amide bonds. The molecule has 2 aromatic carbocycles. The fraction of sp³-hybridized carbons (Fsp3) is 0.370. The minimum atomic E-state index is -3.79. The minimum Gasteiger partial charge on any atom is -0.478 e. The molecule has 1 aliphatic rings. The molecule has 0 aliphatic heterocycles. The molecule has 8 heteroatoms. The van der Waals surface area contributed by atoms with Crippen LogP contribution in [-0.2, 0) is 16.6 Å². The van der Waals surface area contributed by atoms with E-state index in [0.29, 0.717) is 28.7 Å². The van der Waals surface area contributed by atoms with Gasteiger partial charge in [0.1, 0.15) is 4.21 Å². The molecule has 1 fully saturated rings. The minimum absolute atomic E-state index is 0.164. The van der Waals surface area contributed by atoms with E-state index in [0.717, 1.165) is 29.2 Å². The fourth-order valence-corrected chi connectivity index (χ4v) is 7.09. The second kappa shape index (κ2) is 11.4. The summed E-state index contributed by atoms with van der Waals surface area (Å²) in [6, 6.07) is 17.6. The summed E-state index contributed by atoms with van der Waals surface area (Å²) in [5.74, 6) is -0.236. The topological polar surface area (TPSA) is 95.5 Å². The van der Waals surface area contributed by atoms with Gasteiger partial charge in [0.05, 0.1) is 11.3 Å². The Morgan fingerprint density at radius 2 is 1.83 bits per heavy atom. The first kappa shape index (κ1) is 25.4. The Hall–Kier alpha value is -2.68. The van der Waals surface area contributed by atoms with Gasteiger partial charge in [0, 0.05) is 17.5 Å². The molecule has 0 spiro atoms. The van der Waals surface area contributed by atoms with Crippen LogP contribution in [0, 0.1) is 5.92 Å². The van der Waals surface area contributed by atoms with Gasteiger partial charge in [-0.3, -0.25) is 4.72 Å². The molecule has 3 N–H and O–H groups in total. The highest BCUT2D eigenvalue weighted by Gasteiger charge is 2.20. The van der Waals surface area contributed by atoms with Gasteiger partial charge < -0.3 is 10.4 Å². The summed E-state index contributed by atoms with van der Waals surface area (Å²) in [6.07, 6.45) is 7.79. The van der Waals surface area contributed by atoms with Gasteiger partial charge >= 0.3 is 5.97 Å². The van der Waals surface area contributed by atoms with E-state index in [4.69, 9.17) is 0 Å². The van der Waals surface area contributed by atoms with Crippen LogP contribution in [-0.4, -0.2) is 25.5 Å². The van der Waals surface area contributed by atoms with Crippen LogP contribution in [0.5, 0.6) is 0 Å². The Morgan fingerprint density at radius 1 is 1.06 bits per heavy atom. The van der Waals surface area contributed by atoms with Crippen LogP contribution in [0.2, 0.25) is 0 Å². The molecule has 1 atom stereocenters. The van der Waals surface area contributed by atoms with Crippen LogP contribution >= 0.6 is 11.3 Å². The second-order valence-electron chi connectivity index (χ2n) is 9.29. The van der Waals surface area contributed by atoms with E-state index in [-0.39, 0.29) is 9.77 Å². The number of nitrogens with one attached hydrogen (secondary N) is 2. The molecular formula is C27H32N2O4S2. The average molecular weight is 513 g/mol. The molecule has 1 heterocycles. The van der Waals surface area contributed by atoms with E-state index in [1.807, 2.05) is 18.2 Å². The molecule has 0 radical (unpaired) electrons. The standard InChI is InChI=1S/C27H32N2O4S2/c1-19(16-20-8-3-2-4-9-20)28-18-23-10-5-6-13-24(23)29-35(32,33)26-15-14-25(34-26)21-11-7-12-22(17-21)27(30)31/h5-7,10-15,17,19-20,28-29H,2-4,8-9,16,18H2,1H3,(H,30,31)/t19-/m0/s1. The largest absolute Gasteiger partial charge is 0.478 e. The number of carboxylic acids is 1. The van der Waals surface area contributed by atoms with Gasteiger partial charge in [-0.05, 0) is 60.7 Å². The van der Waals surface area contributed by atoms with Crippen LogP contribution in [0.3, 0.4) is 0 Å². The third kappa shape index (κ3) is 6.72. The fourth-order valence-electron chi connectivity index (χ4n) is 4.68. The molecule has 0 bridgehead atoms. The summed E-state index contributed by atoms with van der Waals surface area (Å²) in [7, 11) is -3.79. The number of thiophene rings is 1. The van der Waals surface area contributed by atoms with Crippen LogP contribution in [0.1, 0.15) is 61.4 Å². The van der Waals surface area contributed by atoms with Crippen molar-refractivity contribution in [3.05, 3.63) is 71.8 Å². The van der Waals surface area contributed by atoms with Crippen molar-refractivity contribution in [2.75, 3.05) is 4.72 Å². The summed E-state index contributed by atoms with van der Waals surface area (Å²) in [6.45, 7) is 2.79. The smallest absolute Gasteiger partial charge is 0.335 e. The van der Waals surface area contributed by atoms with E-state index in [2.05, 4.69) is 17.0 Å². The second-order valence-corrected chi connectivity index (χ2v) is 12.3. The predicted molar refractivity (Wildman–Crippen MR) is 141 cm³/mol. The molecule has 35 heavy (non-hydrogen) atoms. The van der Waals surface area contributed by atoms with Crippen molar-refractivity contribution < 1.29 is 18.3 Å². The van der Waals surface area contributed by atoms with Crippen molar-refractivity contribution in [2.45, 2.75) is 62.2 Å². The molecule has 0 unspecified atom stereocenters. The van der Waals surface area contributed by atoms with E-state index in [9.17, 15) is 18.3 Å². The van der Waals surface area contributed by atoms with Crippen LogP contribution in [0.4, 0.5) is 5.69 Å². The molecular weight excluding hydrogens is 480 g/mol. The van der Waals surface area contributed by atoms with Gasteiger partial charge in [0.15, 0.2) is 0 Å². The molecule has 6 nitrogen and oxygen atoms in total. The average Bonchev–Trinajstić information content (AvgIpc) is 3.36. The highest BCUT2D eigenvalue weighted by molar-refractivity contribution is 7.94. The summed E-state index contributed by atoms with van der Waals surface area (Å²) in [5.41, 5.74) is 2.30. The molecule has 0 saturated heterocycles. The van der Waals surface area contributed by atoms with Gasteiger partial charge in [0.25, 0.3) is 10.0 Å². The van der Waals surface area contributed by atoms with Crippen LogP contribution in [0.15, 0.2) is 64.9 Å². The number of sulfonamides is 1. The highest BCUT2D eigenvalue weighted by atomic mass is 32.2. The van der Waals surface area contributed by atoms with Gasteiger partial charge in [-0.1, -0.05) is 62.4 Å². The number of rotatable bonds is 10. The zero-order valence-corrected chi connectivity index (χ0v) is 21.5. The lowest BCUT2D eigenvalue weighted by atomic mass is 9.85. The van der Waals surface area contributed by atoms with Gasteiger partial charge in [-0.25, -0.2) is 13.2 Å². The number of hydrogen-bond acceptors (Lipinski definition) is 5. The molecule has 1 aromatic heterocycles. The number of aromatic carboxylic acids is 1. The van der Waals surface area contributed by atoms with Gasteiger partial charge in [-0.2, -0.15) is 0 Å². The predicted octanol–water partition coefficient (Wildman–Crippen LogP) is 6.36. The Balaban J connectivity index is 1.44. The molecule has 1 aliphatic carbocycles. The Kier molecular flexibility index (Phi) is 8.26.